The highest BCUT2D eigenvalue weighted by atomic mass is 16.2. The van der Waals surface area contributed by atoms with E-state index in [0.29, 0.717) is 17.9 Å². The molecule has 3 rings (SSSR count). The maximum Gasteiger partial charge on any atom is 0.244 e. The third-order valence-corrected chi connectivity index (χ3v) is 4.72. The number of carbonyl (C=O) groups is 1. The summed E-state index contributed by atoms with van der Waals surface area (Å²) < 4.78 is 0. The average molecular weight is 222 g/mol. The van der Waals surface area contributed by atoms with Crippen LogP contribution in [0.25, 0.3) is 0 Å². The number of nitrogens with one attached hydrogen (secondary N) is 1. The van der Waals surface area contributed by atoms with E-state index in [1.165, 1.54) is 25.7 Å². The van der Waals surface area contributed by atoms with Gasteiger partial charge in [-0.3, -0.25) is 10.1 Å². The normalized spacial score (nSPS) is 41.8. The van der Waals surface area contributed by atoms with Gasteiger partial charge < -0.3 is 4.90 Å². The van der Waals surface area contributed by atoms with Crippen LogP contribution in [-0.4, -0.2) is 28.6 Å². The molecule has 2 aliphatic carbocycles. The lowest BCUT2D eigenvalue weighted by Gasteiger charge is -2.38. The van der Waals surface area contributed by atoms with Crippen LogP contribution < -0.4 is 5.32 Å². The molecular weight excluding hydrogens is 200 g/mol. The number of amides is 1. The number of nitrogens with zero attached hydrogens (tertiary/aromatic N) is 1. The van der Waals surface area contributed by atoms with Gasteiger partial charge in [-0.2, -0.15) is 0 Å². The maximum absolute atomic E-state index is 12.4. The van der Waals surface area contributed by atoms with E-state index in [4.69, 9.17) is 0 Å². The smallest absolute Gasteiger partial charge is 0.244 e. The molecule has 0 bridgehead atoms. The van der Waals surface area contributed by atoms with Crippen LogP contribution in [0.5, 0.6) is 0 Å². The van der Waals surface area contributed by atoms with Crippen LogP contribution in [0, 0.1) is 5.92 Å². The second kappa shape index (κ2) is 3.46. The molecule has 1 aliphatic heterocycles. The molecule has 16 heavy (non-hydrogen) atoms. The maximum atomic E-state index is 12.4. The minimum absolute atomic E-state index is 0.128. The zero-order chi connectivity index (χ0) is 11.3. The standard InChI is InChI=1S/C13H22N2O/c1-9-5-3-4-6-11(9)15-10(2)14-13(7-8-13)12(15)16/h9-11,14H,3-8H2,1-2H3. The molecule has 0 aromatic carbocycles. The molecule has 3 fully saturated rings. The van der Waals surface area contributed by atoms with Crippen molar-refractivity contribution in [1.82, 2.24) is 10.2 Å². The Morgan fingerprint density at radius 1 is 1.25 bits per heavy atom. The largest absolute Gasteiger partial charge is 0.323 e. The Morgan fingerprint density at radius 3 is 2.50 bits per heavy atom. The average Bonchev–Trinajstić information content (AvgIpc) is 2.97. The summed E-state index contributed by atoms with van der Waals surface area (Å²) in [4.78, 5) is 14.6. The Labute approximate surface area is 97.6 Å². The van der Waals surface area contributed by atoms with Crippen LogP contribution in [0.15, 0.2) is 0 Å². The van der Waals surface area contributed by atoms with Gasteiger partial charge in [-0.1, -0.05) is 19.8 Å². The van der Waals surface area contributed by atoms with Crippen LogP contribution in [0.4, 0.5) is 0 Å². The highest BCUT2D eigenvalue weighted by Gasteiger charge is 2.59. The van der Waals surface area contributed by atoms with E-state index in [-0.39, 0.29) is 11.7 Å². The highest BCUT2D eigenvalue weighted by molar-refractivity contribution is 5.92. The molecular formula is C13H22N2O. The molecule has 1 spiro atoms. The van der Waals surface area contributed by atoms with Gasteiger partial charge in [0.15, 0.2) is 0 Å². The fraction of sp³-hybridized carbons (Fsp3) is 0.923. The molecule has 3 heteroatoms. The van der Waals surface area contributed by atoms with Crippen molar-refractivity contribution < 1.29 is 4.79 Å². The van der Waals surface area contributed by atoms with Gasteiger partial charge in [0.25, 0.3) is 0 Å². The third kappa shape index (κ3) is 1.41. The monoisotopic (exact) mass is 222 g/mol. The number of hydrogen-bond acceptors (Lipinski definition) is 2. The van der Waals surface area contributed by atoms with E-state index in [0.717, 1.165) is 12.8 Å². The first kappa shape index (κ1) is 10.6. The Kier molecular flexibility index (Phi) is 2.29. The molecule has 1 saturated heterocycles. The zero-order valence-corrected chi connectivity index (χ0v) is 10.3. The van der Waals surface area contributed by atoms with Gasteiger partial charge in [-0.05, 0) is 38.5 Å². The molecule has 0 aromatic heterocycles. The molecule has 1 N–H and O–H groups in total. The molecule has 2 saturated carbocycles. The van der Waals surface area contributed by atoms with Gasteiger partial charge in [0.2, 0.25) is 5.91 Å². The molecule has 3 aliphatic rings. The topological polar surface area (TPSA) is 32.3 Å². The molecule has 0 radical (unpaired) electrons. The first-order valence-corrected chi connectivity index (χ1v) is 6.74. The van der Waals surface area contributed by atoms with E-state index in [2.05, 4.69) is 24.1 Å². The molecule has 3 atom stereocenters. The van der Waals surface area contributed by atoms with Gasteiger partial charge in [-0.25, -0.2) is 0 Å². The number of hydrogen-bond donors (Lipinski definition) is 1. The Balaban J connectivity index is 1.80. The summed E-state index contributed by atoms with van der Waals surface area (Å²) in [5.74, 6) is 1.06. The van der Waals surface area contributed by atoms with E-state index in [1.54, 1.807) is 0 Å². The van der Waals surface area contributed by atoms with Crippen LogP contribution in [-0.2, 0) is 4.79 Å². The van der Waals surface area contributed by atoms with Crippen LogP contribution in [0.3, 0.4) is 0 Å². The summed E-state index contributed by atoms with van der Waals surface area (Å²) in [6.07, 6.45) is 7.47. The summed E-state index contributed by atoms with van der Waals surface area (Å²) in [5, 5.41) is 3.50. The molecule has 0 aromatic rings. The first-order chi connectivity index (χ1) is 7.64. The fourth-order valence-corrected chi connectivity index (χ4v) is 3.59. The molecule has 3 unspecified atom stereocenters. The van der Waals surface area contributed by atoms with E-state index in [1.807, 2.05) is 0 Å². The van der Waals surface area contributed by atoms with Crippen molar-refractivity contribution in [1.29, 1.82) is 0 Å². The summed E-state index contributed by atoms with van der Waals surface area (Å²) in [5.41, 5.74) is -0.128. The molecule has 1 heterocycles. The predicted molar refractivity (Wildman–Crippen MR) is 62.8 cm³/mol. The third-order valence-electron chi connectivity index (χ3n) is 4.72. The summed E-state index contributed by atoms with van der Waals surface area (Å²) in [7, 11) is 0. The predicted octanol–water partition coefficient (Wildman–Crippen LogP) is 1.88. The highest BCUT2D eigenvalue weighted by Crippen LogP contribution is 2.44. The fourth-order valence-electron chi connectivity index (χ4n) is 3.59. The minimum Gasteiger partial charge on any atom is -0.323 e. The van der Waals surface area contributed by atoms with Crippen molar-refractivity contribution in [3.05, 3.63) is 0 Å². The molecule has 1 amide bonds. The molecule has 3 nitrogen and oxygen atoms in total. The Bertz CT molecular complexity index is 311. The van der Waals surface area contributed by atoms with E-state index < -0.39 is 0 Å². The van der Waals surface area contributed by atoms with Crippen molar-refractivity contribution in [2.75, 3.05) is 0 Å². The quantitative estimate of drug-likeness (QED) is 0.734. The van der Waals surface area contributed by atoms with Crippen molar-refractivity contribution in [3.63, 3.8) is 0 Å². The van der Waals surface area contributed by atoms with E-state index >= 15 is 0 Å². The number of carbonyl (C=O) groups excluding carboxylic acids is 1. The van der Waals surface area contributed by atoms with Crippen molar-refractivity contribution in [2.45, 2.75) is 70.1 Å². The second-order valence-corrected chi connectivity index (χ2v) is 5.94. The van der Waals surface area contributed by atoms with Crippen molar-refractivity contribution in [2.24, 2.45) is 5.92 Å². The summed E-state index contributed by atoms with van der Waals surface area (Å²) >= 11 is 0. The zero-order valence-electron chi connectivity index (χ0n) is 10.3. The lowest BCUT2D eigenvalue weighted by atomic mass is 9.84. The van der Waals surface area contributed by atoms with Gasteiger partial charge in [0.1, 0.15) is 0 Å². The lowest BCUT2D eigenvalue weighted by molar-refractivity contribution is -0.134. The van der Waals surface area contributed by atoms with E-state index in [9.17, 15) is 4.79 Å². The van der Waals surface area contributed by atoms with Gasteiger partial charge in [-0.15, -0.1) is 0 Å². The van der Waals surface area contributed by atoms with Gasteiger partial charge in [0.05, 0.1) is 11.7 Å². The summed E-state index contributed by atoms with van der Waals surface area (Å²) in [6.45, 7) is 4.45. The lowest BCUT2D eigenvalue weighted by Crippen LogP contribution is -2.47. The first-order valence-electron chi connectivity index (χ1n) is 6.74. The summed E-state index contributed by atoms with van der Waals surface area (Å²) in [6, 6.07) is 0.490. The van der Waals surface area contributed by atoms with Crippen molar-refractivity contribution >= 4 is 5.91 Å². The van der Waals surface area contributed by atoms with Crippen LogP contribution in [0.1, 0.15) is 52.4 Å². The minimum atomic E-state index is -0.128. The number of rotatable bonds is 1. The van der Waals surface area contributed by atoms with Crippen LogP contribution in [0.2, 0.25) is 0 Å². The SMILES string of the molecule is CC1CCCCC1N1C(=O)C2(CC2)NC1C. The Hall–Kier alpha value is -0.570. The van der Waals surface area contributed by atoms with Gasteiger partial charge in [0, 0.05) is 6.04 Å². The molecule has 90 valence electrons. The Morgan fingerprint density at radius 2 is 1.94 bits per heavy atom. The van der Waals surface area contributed by atoms with Crippen LogP contribution >= 0.6 is 0 Å². The second-order valence-electron chi connectivity index (χ2n) is 5.94. The van der Waals surface area contributed by atoms with Crippen molar-refractivity contribution in [3.8, 4) is 0 Å². The van der Waals surface area contributed by atoms with Gasteiger partial charge >= 0.3 is 0 Å².